The van der Waals surface area contributed by atoms with E-state index < -0.39 is 18.0 Å². The van der Waals surface area contributed by atoms with E-state index in [9.17, 15) is 14.4 Å². The standard InChI is InChI=1S/C15H30N4O3/c1-4-6-8-11(14(16)21)19-15(22)12(9-7-5-2)18-13(20)10-17-3/h11-12,17H,4-10H2,1-3H3,(H2,16,21)(H,18,20)(H,19,22)/t11-,12+/m0/s1. The maximum Gasteiger partial charge on any atom is 0.243 e. The third kappa shape index (κ3) is 8.61. The summed E-state index contributed by atoms with van der Waals surface area (Å²) in [6, 6.07) is -1.32. The summed E-state index contributed by atoms with van der Waals surface area (Å²) in [5.41, 5.74) is 5.32. The van der Waals surface area contributed by atoms with Gasteiger partial charge in [-0.25, -0.2) is 0 Å². The SMILES string of the molecule is CCCC[C@H](NC(=O)[C@@H](CCCC)NC(=O)CNC)C(N)=O. The lowest BCUT2D eigenvalue weighted by Crippen LogP contribution is -2.53. The van der Waals surface area contributed by atoms with Crippen LogP contribution in [0.15, 0.2) is 0 Å². The molecular weight excluding hydrogens is 284 g/mol. The second-order valence-electron chi connectivity index (χ2n) is 5.40. The highest BCUT2D eigenvalue weighted by atomic mass is 16.2. The van der Waals surface area contributed by atoms with Crippen molar-refractivity contribution in [1.29, 1.82) is 0 Å². The lowest BCUT2D eigenvalue weighted by atomic mass is 10.1. The van der Waals surface area contributed by atoms with Gasteiger partial charge in [0.05, 0.1) is 6.54 Å². The number of rotatable bonds is 12. The van der Waals surface area contributed by atoms with Gasteiger partial charge in [0.25, 0.3) is 0 Å². The van der Waals surface area contributed by atoms with Crippen LogP contribution in [0.3, 0.4) is 0 Å². The molecule has 5 N–H and O–H groups in total. The Morgan fingerprint density at radius 2 is 1.50 bits per heavy atom. The van der Waals surface area contributed by atoms with E-state index in [1.807, 2.05) is 13.8 Å². The second-order valence-corrected chi connectivity index (χ2v) is 5.40. The summed E-state index contributed by atoms with van der Waals surface area (Å²) in [5.74, 6) is -1.14. The highest BCUT2D eigenvalue weighted by Gasteiger charge is 2.24. The molecule has 0 aliphatic heterocycles. The normalized spacial score (nSPS) is 13.2. The monoisotopic (exact) mass is 314 g/mol. The zero-order valence-corrected chi connectivity index (χ0v) is 13.9. The minimum Gasteiger partial charge on any atom is -0.368 e. The first-order chi connectivity index (χ1) is 10.5. The maximum atomic E-state index is 12.3. The molecule has 128 valence electrons. The largest absolute Gasteiger partial charge is 0.368 e. The first-order valence-corrected chi connectivity index (χ1v) is 7.99. The van der Waals surface area contributed by atoms with Gasteiger partial charge in [0.1, 0.15) is 12.1 Å². The van der Waals surface area contributed by atoms with Crippen LogP contribution in [0.4, 0.5) is 0 Å². The van der Waals surface area contributed by atoms with E-state index >= 15 is 0 Å². The molecule has 0 aliphatic rings. The first kappa shape index (κ1) is 20.4. The summed E-state index contributed by atoms with van der Waals surface area (Å²) >= 11 is 0. The number of primary amides is 1. The Kier molecular flexibility index (Phi) is 11.1. The molecule has 0 saturated carbocycles. The molecule has 2 atom stereocenters. The number of carbonyl (C=O) groups is 3. The molecule has 7 heteroatoms. The number of hydrogen-bond donors (Lipinski definition) is 4. The van der Waals surface area contributed by atoms with E-state index in [0.717, 1.165) is 25.7 Å². The zero-order chi connectivity index (χ0) is 17.0. The average Bonchev–Trinajstić information content (AvgIpc) is 2.47. The van der Waals surface area contributed by atoms with Crippen molar-refractivity contribution in [1.82, 2.24) is 16.0 Å². The van der Waals surface area contributed by atoms with Crippen LogP contribution >= 0.6 is 0 Å². The predicted molar refractivity (Wildman–Crippen MR) is 86.0 cm³/mol. The van der Waals surface area contributed by atoms with Gasteiger partial charge >= 0.3 is 0 Å². The van der Waals surface area contributed by atoms with Gasteiger partial charge in [-0.3, -0.25) is 14.4 Å². The molecule has 0 saturated heterocycles. The maximum absolute atomic E-state index is 12.3. The van der Waals surface area contributed by atoms with Gasteiger partial charge in [0.2, 0.25) is 17.7 Å². The fourth-order valence-electron chi connectivity index (χ4n) is 2.05. The summed E-state index contributed by atoms with van der Waals surface area (Å²) in [7, 11) is 1.66. The van der Waals surface area contributed by atoms with Gasteiger partial charge in [0.15, 0.2) is 0 Å². The van der Waals surface area contributed by atoms with E-state index in [4.69, 9.17) is 5.73 Å². The van der Waals surface area contributed by atoms with Crippen LogP contribution in [0.2, 0.25) is 0 Å². The van der Waals surface area contributed by atoms with Crippen molar-refractivity contribution in [2.45, 2.75) is 64.5 Å². The quantitative estimate of drug-likeness (QED) is 0.407. The van der Waals surface area contributed by atoms with Crippen LogP contribution in [0.5, 0.6) is 0 Å². The lowest BCUT2D eigenvalue weighted by Gasteiger charge is -2.22. The van der Waals surface area contributed by atoms with Crippen LogP contribution in [-0.4, -0.2) is 43.4 Å². The Labute approximate surface area is 132 Å². The Morgan fingerprint density at radius 3 is 1.95 bits per heavy atom. The van der Waals surface area contributed by atoms with Gasteiger partial charge < -0.3 is 21.7 Å². The summed E-state index contributed by atoms with van der Waals surface area (Å²) < 4.78 is 0. The fraction of sp³-hybridized carbons (Fsp3) is 0.800. The molecule has 0 aromatic heterocycles. The average molecular weight is 314 g/mol. The molecule has 0 unspecified atom stereocenters. The van der Waals surface area contributed by atoms with Gasteiger partial charge in [-0.05, 0) is 19.9 Å². The third-order valence-corrected chi connectivity index (χ3v) is 3.34. The fourth-order valence-corrected chi connectivity index (χ4v) is 2.05. The highest BCUT2D eigenvalue weighted by molar-refractivity contribution is 5.91. The van der Waals surface area contributed by atoms with Crippen molar-refractivity contribution in [2.75, 3.05) is 13.6 Å². The molecule has 0 aliphatic carbocycles. The van der Waals surface area contributed by atoms with Crippen LogP contribution in [0, 0.1) is 0 Å². The Morgan fingerprint density at radius 1 is 0.955 bits per heavy atom. The molecular formula is C15H30N4O3. The molecule has 0 bridgehead atoms. The predicted octanol–water partition coefficient (Wildman–Crippen LogP) is 0.0411. The van der Waals surface area contributed by atoms with Crippen molar-refractivity contribution in [3.8, 4) is 0 Å². The second kappa shape index (κ2) is 12.0. The number of amides is 3. The van der Waals surface area contributed by atoms with Gasteiger partial charge in [-0.15, -0.1) is 0 Å². The Bertz CT molecular complexity index is 361. The number of carbonyl (C=O) groups excluding carboxylic acids is 3. The van der Waals surface area contributed by atoms with E-state index in [1.54, 1.807) is 7.05 Å². The zero-order valence-electron chi connectivity index (χ0n) is 13.9. The van der Waals surface area contributed by atoms with E-state index in [2.05, 4.69) is 16.0 Å². The number of hydrogen-bond acceptors (Lipinski definition) is 4. The van der Waals surface area contributed by atoms with Crippen molar-refractivity contribution in [2.24, 2.45) is 5.73 Å². The Balaban J connectivity index is 4.69. The van der Waals surface area contributed by atoms with E-state index in [0.29, 0.717) is 12.8 Å². The Hall–Kier alpha value is -1.63. The number of unbranched alkanes of at least 4 members (excludes halogenated alkanes) is 2. The molecule has 0 aromatic carbocycles. The molecule has 22 heavy (non-hydrogen) atoms. The molecule has 7 nitrogen and oxygen atoms in total. The van der Waals surface area contributed by atoms with Crippen molar-refractivity contribution < 1.29 is 14.4 Å². The van der Waals surface area contributed by atoms with Crippen molar-refractivity contribution in [3.05, 3.63) is 0 Å². The minimum absolute atomic E-state index is 0.144. The molecule has 3 amide bonds. The van der Waals surface area contributed by atoms with E-state index in [1.165, 1.54) is 0 Å². The van der Waals surface area contributed by atoms with Crippen molar-refractivity contribution in [3.63, 3.8) is 0 Å². The van der Waals surface area contributed by atoms with Gasteiger partial charge in [0, 0.05) is 0 Å². The highest BCUT2D eigenvalue weighted by Crippen LogP contribution is 2.04. The molecule has 0 radical (unpaired) electrons. The van der Waals surface area contributed by atoms with Crippen LogP contribution in [0.25, 0.3) is 0 Å². The number of nitrogens with one attached hydrogen (secondary N) is 3. The van der Waals surface area contributed by atoms with Crippen LogP contribution in [-0.2, 0) is 14.4 Å². The van der Waals surface area contributed by atoms with Crippen LogP contribution in [0.1, 0.15) is 52.4 Å². The molecule has 0 spiro atoms. The third-order valence-electron chi connectivity index (χ3n) is 3.34. The van der Waals surface area contributed by atoms with Crippen LogP contribution < -0.4 is 21.7 Å². The molecule has 0 heterocycles. The summed E-state index contributed by atoms with van der Waals surface area (Å²) in [4.78, 5) is 35.4. The smallest absolute Gasteiger partial charge is 0.243 e. The molecule has 0 rings (SSSR count). The minimum atomic E-state index is -0.683. The summed E-state index contributed by atoms with van der Waals surface area (Å²) in [6.45, 7) is 4.16. The summed E-state index contributed by atoms with van der Waals surface area (Å²) in [6.07, 6.45) is 4.51. The topological polar surface area (TPSA) is 113 Å². The molecule has 0 fully saturated rings. The van der Waals surface area contributed by atoms with Gasteiger partial charge in [-0.2, -0.15) is 0 Å². The lowest BCUT2D eigenvalue weighted by molar-refractivity contribution is -0.131. The van der Waals surface area contributed by atoms with Gasteiger partial charge in [-0.1, -0.05) is 39.5 Å². The number of nitrogens with two attached hydrogens (primary N) is 1. The van der Waals surface area contributed by atoms with Crippen molar-refractivity contribution >= 4 is 17.7 Å². The first-order valence-electron chi connectivity index (χ1n) is 7.99. The van der Waals surface area contributed by atoms with E-state index in [-0.39, 0.29) is 18.4 Å². The number of likely N-dealkylation sites (N-methyl/N-ethyl adjacent to an activating group) is 1. The molecule has 0 aromatic rings. The summed E-state index contributed by atoms with van der Waals surface area (Å²) in [5, 5.41) is 8.08.